The molecule has 2 aliphatic rings. The molecule has 2 N–H and O–H groups in total. The van der Waals surface area contributed by atoms with E-state index in [0.29, 0.717) is 17.5 Å². The number of carboxylic acids is 1. The minimum Gasteiger partial charge on any atom is -0.478 e. The topological polar surface area (TPSA) is 60.8 Å². The number of carboxylic acid groups (broad SMARTS) is 1. The third-order valence-electron chi connectivity index (χ3n) is 5.25. The maximum absolute atomic E-state index is 11.1. The Morgan fingerprint density at radius 1 is 1.18 bits per heavy atom. The zero-order valence-corrected chi connectivity index (χ0v) is 12.9. The number of aliphatic hydroxyl groups is 1. The van der Waals surface area contributed by atoms with Crippen molar-refractivity contribution in [3.05, 3.63) is 35.4 Å². The molecule has 4 heteroatoms. The standard InChI is InChI=1S/C18H25NO3/c20-17-9-4-7-15(17)16-8-1-2-10-19(16)12-13-5-3-6-14(11-13)18(21)22/h3,5-6,11,15-17,20H,1-2,4,7-10,12H2,(H,21,22). The molecule has 1 aliphatic carbocycles. The van der Waals surface area contributed by atoms with Gasteiger partial charge in [-0.1, -0.05) is 25.0 Å². The fourth-order valence-corrected chi connectivity index (χ4v) is 4.15. The summed E-state index contributed by atoms with van der Waals surface area (Å²) in [6.45, 7) is 1.83. The quantitative estimate of drug-likeness (QED) is 0.898. The second-order valence-corrected chi connectivity index (χ2v) is 6.70. The van der Waals surface area contributed by atoms with Crippen molar-refractivity contribution in [3.63, 3.8) is 0 Å². The summed E-state index contributed by atoms with van der Waals surface area (Å²) in [4.78, 5) is 13.6. The Hall–Kier alpha value is -1.39. The first kappa shape index (κ1) is 15.5. The molecule has 1 heterocycles. The van der Waals surface area contributed by atoms with Gasteiger partial charge in [0.05, 0.1) is 11.7 Å². The number of nitrogens with zero attached hydrogens (tertiary/aromatic N) is 1. The maximum atomic E-state index is 11.1. The maximum Gasteiger partial charge on any atom is 0.335 e. The lowest BCUT2D eigenvalue weighted by molar-refractivity contribution is 0.0313. The van der Waals surface area contributed by atoms with E-state index in [1.165, 1.54) is 12.8 Å². The van der Waals surface area contributed by atoms with Gasteiger partial charge in [-0.2, -0.15) is 0 Å². The highest BCUT2D eigenvalue weighted by molar-refractivity contribution is 5.87. The molecule has 1 aromatic carbocycles. The first-order valence-electron chi connectivity index (χ1n) is 8.39. The minimum absolute atomic E-state index is 0.157. The van der Waals surface area contributed by atoms with E-state index in [0.717, 1.165) is 44.3 Å². The third kappa shape index (κ3) is 3.33. The van der Waals surface area contributed by atoms with Crippen LogP contribution in [0, 0.1) is 5.92 Å². The molecule has 3 rings (SSSR count). The lowest BCUT2D eigenvalue weighted by Crippen LogP contribution is -2.45. The normalized spacial score (nSPS) is 29.6. The second-order valence-electron chi connectivity index (χ2n) is 6.70. The van der Waals surface area contributed by atoms with Crippen LogP contribution < -0.4 is 0 Å². The number of aromatic carboxylic acids is 1. The highest BCUT2D eigenvalue weighted by Crippen LogP contribution is 2.35. The van der Waals surface area contributed by atoms with Gasteiger partial charge in [0.1, 0.15) is 0 Å². The van der Waals surface area contributed by atoms with Crippen molar-refractivity contribution in [2.24, 2.45) is 5.92 Å². The van der Waals surface area contributed by atoms with Crippen LogP contribution in [0.15, 0.2) is 24.3 Å². The van der Waals surface area contributed by atoms with Crippen LogP contribution in [0.2, 0.25) is 0 Å². The number of benzene rings is 1. The summed E-state index contributed by atoms with van der Waals surface area (Å²) in [5, 5.41) is 19.4. The molecular weight excluding hydrogens is 278 g/mol. The molecule has 3 unspecified atom stereocenters. The largest absolute Gasteiger partial charge is 0.478 e. The van der Waals surface area contributed by atoms with Gasteiger partial charge >= 0.3 is 5.97 Å². The average Bonchev–Trinajstić information content (AvgIpc) is 2.94. The first-order valence-corrected chi connectivity index (χ1v) is 8.39. The van der Waals surface area contributed by atoms with Crippen LogP contribution in [0.25, 0.3) is 0 Å². The van der Waals surface area contributed by atoms with E-state index in [1.54, 1.807) is 12.1 Å². The van der Waals surface area contributed by atoms with Gasteiger partial charge in [-0.05, 0) is 49.9 Å². The van der Waals surface area contributed by atoms with Crippen LogP contribution in [0.1, 0.15) is 54.4 Å². The molecule has 0 spiro atoms. The zero-order chi connectivity index (χ0) is 15.5. The first-order chi connectivity index (χ1) is 10.6. The summed E-state index contributed by atoms with van der Waals surface area (Å²) in [7, 11) is 0. The molecule has 2 fully saturated rings. The van der Waals surface area contributed by atoms with Gasteiger partial charge in [-0.15, -0.1) is 0 Å². The fourth-order valence-electron chi connectivity index (χ4n) is 4.15. The smallest absolute Gasteiger partial charge is 0.335 e. The van der Waals surface area contributed by atoms with E-state index in [-0.39, 0.29) is 6.10 Å². The number of piperidine rings is 1. The van der Waals surface area contributed by atoms with Gasteiger partial charge in [0, 0.05) is 18.5 Å². The molecule has 3 atom stereocenters. The van der Waals surface area contributed by atoms with E-state index in [1.807, 2.05) is 12.1 Å². The van der Waals surface area contributed by atoms with Crippen molar-refractivity contribution in [2.75, 3.05) is 6.54 Å². The van der Waals surface area contributed by atoms with Crippen molar-refractivity contribution in [3.8, 4) is 0 Å². The van der Waals surface area contributed by atoms with Crippen LogP contribution in [0.3, 0.4) is 0 Å². The molecule has 0 amide bonds. The van der Waals surface area contributed by atoms with E-state index >= 15 is 0 Å². The third-order valence-corrected chi connectivity index (χ3v) is 5.25. The molecule has 0 aromatic heterocycles. The van der Waals surface area contributed by atoms with Gasteiger partial charge in [0.15, 0.2) is 0 Å². The van der Waals surface area contributed by atoms with Crippen molar-refractivity contribution in [2.45, 2.75) is 57.2 Å². The highest BCUT2D eigenvalue weighted by atomic mass is 16.4. The molecular formula is C18H25NO3. The van der Waals surface area contributed by atoms with Crippen LogP contribution in [-0.4, -0.2) is 39.8 Å². The molecule has 120 valence electrons. The Morgan fingerprint density at radius 3 is 2.77 bits per heavy atom. The Morgan fingerprint density at radius 2 is 2.05 bits per heavy atom. The van der Waals surface area contributed by atoms with E-state index in [2.05, 4.69) is 4.90 Å². The van der Waals surface area contributed by atoms with Crippen LogP contribution >= 0.6 is 0 Å². The van der Waals surface area contributed by atoms with E-state index in [4.69, 9.17) is 5.11 Å². The Balaban J connectivity index is 1.74. The van der Waals surface area contributed by atoms with Crippen molar-refractivity contribution in [1.82, 2.24) is 4.90 Å². The molecule has 4 nitrogen and oxygen atoms in total. The van der Waals surface area contributed by atoms with E-state index in [9.17, 15) is 9.90 Å². The Labute approximate surface area is 131 Å². The van der Waals surface area contributed by atoms with Gasteiger partial charge in [-0.3, -0.25) is 4.90 Å². The Bertz CT molecular complexity index is 531. The van der Waals surface area contributed by atoms with Gasteiger partial charge in [0.2, 0.25) is 0 Å². The van der Waals surface area contributed by atoms with Crippen molar-refractivity contribution >= 4 is 5.97 Å². The van der Waals surface area contributed by atoms with Crippen LogP contribution in [0.4, 0.5) is 0 Å². The van der Waals surface area contributed by atoms with Gasteiger partial charge in [-0.25, -0.2) is 4.79 Å². The molecule has 1 aliphatic heterocycles. The summed E-state index contributed by atoms with van der Waals surface area (Å²) < 4.78 is 0. The van der Waals surface area contributed by atoms with Crippen LogP contribution in [0.5, 0.6) is 0 Å². The highest BCUT2D eigenvalue weighted by Gasteiger charge is 2.36. The van der Waals surface area contributed by atoms with E-state index < -0.39 is 5.97 Å². The summed E-state index contributed by atoms with van der Waals surface area (Å²) in [5.41, 5.74) is 1.41. The number of aliphatic hydroxyl groups excluding tert-OH is 1. The number of hydrogen-bond acceptors (Lipinski definition) is 3. The van der Waals surface area contributed by atoms with Crippen molar-refractivity contribution in [1.29, 1.82) is 0 Å². The average molecular weight is 303 g/mol. The SMILES string of the molecule is O=C(O)c1cccc(CN2CCCCC2C2CCCC2O)c1. The number of carbonyl (C=O) groups is 1. The Kier molecular flexibility index (Phi) is 4.79. The molecule has 1 saturated heterocycles. The number of hydrogen-bond donors (Lipinski definition) is 2. The van der Waals surface area contributed by atoms with Crippen molar-refractivity contribution < 1.29 is 15.0 Å². The second kappa shape index (κ2) is 6.80. The molecule has 1 saturated carbocycles. The minimum atomic E-state index is -0.872. The monoisotopic (exact) mass is 303 g/mol. The lowest BCUT2D eigenvalue weighted by Gasteiger charge is -2.40. The van der Waals surface area contributed by atoms with Gasteiger partial charge < -0.3 is 10.2 Å². The summed E-state index contributed by atoms with van der Waals surface area (Å²) in [6.07, 6.45) is 6.61. The fraction of sp³-hybridized carbons (Fsp3) is 0.611. The van der Waals surface area contributed by atoms with Crippen LogP contribution in [-0.2, 0) is 6.54 Å². The summed E-state index contributed by atoms with van der Waals surface area (Å²) >= 11 is 0. The lowest BCUT2D eigenvalue weighted by atomic mass is 9.87. The molecule has 1 aromatic rings. The number of likely N-dealkylation sites (tertiary alicyclic amines) is 1. The molecule has 0 bridgehead atoms. The predicted octanol–water partition coefficient (Wildman–Crippen LogP) is 2.90. The molecule has 22 heavy (non-hydrogen) atoms. The summed E-state index contributed by atoms with van der Waals surface area (Å²) in [5.74, 6) is -0.480. The zero-order valence-electron chi connectivity index (χ0n) is 12.9. The predicted molar refractivity (Wildman–Crippen MR) is 84.8 cm³/mol. The molecule has 0 radical (unpaired) electrons. The van der Waals surface area contributed by atoms with Gasteiger partial charge in [0.25, 0.3) is 0 Å². The number of rotatable bonds is 4. The summed E-state index contributed by atoms with van der Waals surface area (Å²) in [6, 6.07) is 7.68.